The molecule has 0 fully saturated rings. The summed E-state index contributed by atoms with van der Waals surface area (Å²) in [6.45, 7) is 3.63. The lowest BCUT2D eigenvalue weighted by Crippen LogP contribution is -2.03. The number of thiazole rings is 1. The maximum atomic E-state index is 10.7. The molecule has 1 aromatic rings. The van der Waals surface area contributed by atoms with Crippen LogP contribution in [-0.2, 0) is 4.79 Å². The summed E-state index contributed by atoms with van der Waals surface area (Å²) in [5.74, 6) is -0.214. The normalized spacial score (nSPS) is 9.64. The molecule has 0 aromatic carbocycles. The van der Waals surface area contributed by atoms with E-state index < -0.39 is 0 Å². The number of carbonyl (C=O) groups excluding carboxylic acids is 1. The predicted molar refractivity (Wildman–Crippen MR) is 42.8 cm³/mol. The van der Waals surface area contributed by atoms with Crippen LogP contribution in [0.3, 0.4) is 0 Å². The maximum Gasteiger partial charge on any atom is 0.311 e. The highest BCUT2D eigenvalue weighted by atomic mass is 32.1. The second kappa shape index (κ2) is 3.48. The van der Waals surface area contributed by atoms with Crippen LogP contribution < -0.4 is 4.74 Å². The van der Waals surface area contributed by atoms with Gasteiger partial charge in [0.1, 0.15) is 0 Å². The number of ether oxygens (including phenoxy) is 1. The molecular formula is C7H9NO2S. The lowest BCUT2D eigenvalue weighted by molar-refractivity contribution is -0.133. The summed E-state index contributed by atoms with van der Waals surface area (Å²) in [6.07, 6.45) is 1.96. The quantitative estimate of drug-likeness (QED) is 0.636. The molecule has 0 bridgehead atoms. The first-order chi connectivity index (χ1) is 5.22. The Bertz CT molecular complexity index is 257. The molecule has 11 heavy (non-hydrogen) atoms. The van der Waals surface area contributed by atoms with Gasteiger partial charge in [0.25, 0.3) is 0 Å². The Morgan fingerprint density at radius 2 is 2.55 bits per heavy atom. The van der Waals surface area contributed by atoms with Crippen LogP contribution >= 0.6 is 11.3 Å². The summed E-state index contributed by atoms with van der Waals surface area (Å²) in [5, 5.41) is 1.48. The van der Waals surface area contributed by atoms with E-state index >= 15 is 0 Å². The van der Waals surface area contributed by atoms with Gasteiger partial charge in [0.05, 0.1) is 11.2 Å². The van der Waals surface area contributed by atoms with E-state index in [1.54, 1.807) is 13.1 Å². The molecule has 1 aromatic heterocycles. The number of nitrogens with zero attached hydrogens (tertiary/aromatic N) is 1. The van der Waals surface area contributed by atoms with Gasteiger partial charge in [0.15, 0.2) is 0 Å². The van der Waals surface area contributed by atoms with Crippen LogP contribution in [0.4, 0.5) is 0 Å². The molecule has 0 saturated carbocycles. The number of aryl methyl sites for hydroxylation is 1. The standard InChI is InChI=1S/C7H9NO2S/c1-3-6(9)10-7-4-8-5(2)11-7/h4H,3H2,1-2H3. The van der Waals surface area contributed by atoms with Gasteiger partial charge in [-0.2, -0.15) is 0 Å². The molecule has 1 heterocycles. The lowest BCUT2D eigenvalue weighted by atomic mass is 10.5. The van der Waals surface area contributed by atoms with Crippen molar-refractivity contribution in [3.05, 3.63) is 11.2 Å². The summed E-state index contributed by atoms with van der Waals surface area (Å²) in [5.41, 5.74) is 0. The molecule has 0 amide bonds. The van der Waals surface area contributed by atoms with Crippen LogP contribution in [0.5, 0.6) is 5.06 Å². The molecule has 1 rings (SSSR count). The zero-order valence-corrected chi connectivity index (χ0v) is 7.27. The third-order valence-electron chi connectivity index (χ3n) is 1.10. The Balaban J connectivity index is 2.57. The van der Waals surface area contributed by atoms with Crippen molar-refractivity contribution in [1.29, 1.82) is 0 Å². The molecule has 0 saturated heterocycles. The molecule has 0 spiro atoms. The monoisotopic (exact) mass is 171 g/mol. The van der Waals surface area contributed by atoms with E-state index in [1.807, 2.05) is 6.92 Å². The molecule has 0 radical (unpaired) electrons. The van der Waals surface area contributed by atoms with Gasteiger partial charge in [-0.05, 0) is 6.92 Å². The average Bonchev–Trinajstić information content (AvgIpc) is 2.35. The van der Waals surface area contributed by atoms with Gasteiger partial charge in [-0.1, -0.05) is 18.3 Å². The molecule has 0 aliphatic carbocycles. The summed E-state index contributed by atoms with van der Waals surface area (Å²) >= 11 is 1.38. The Hall–Kier alpha value is -0.900. The Morgan fingerprint density at radius 3 is 3.00 bits per heavy atom. The van der Waals surface area contributed by atoms with Gasteiger partial charge in [-0.3, -0.25) is 4.79 Å². The molecule has 0 N–H and O–H groups in total. The number of aromatic nitrogens is 1. The van der Waals surface area contributed by atoms with Crippen LogP contribution in [0, 0.1) is 6.92 Å². The average molecular weight is 171 g/mol. The van der Waals surface area contributed by atoms with E-state index in [2.05, 4.69) is 4.98 Å². The number of hydrogen-bond donors (Lipinski definition) is 0. The minimum absolute atomic E-state index is 0.214. The van der Waals surface area contributed by atoms with Crippen LogP contribution in [0.2, 0.25) is 0 Å². The Kier molecular flexibility index (Phi) is 2.59. The van der Waals surface area contributed by atoms with Crippen LogP contribution in [-0.4, -0.2) is 11.0 Å². The van der Waals surface area contributed by atoms with Gasteiger partial charge < -0.3 is 4.74 Å². The first kappa shape index (κ1) is 8.20. The van der Waals surface area contributed by atoms with Crippen molar-refractivity contribution in [1.82, 2.24) is 4.98 Å². The van der Waals surface area contributed by atoms with Crippen molar-refractivity contribution < 1.29 is 9.53 Å². The van der Waals surface area contributed by atoms with Crippen molar-refractivity contribution in [3.8, 4) is 5.06 Å². The fraction of sp³-hybridized carbons (Fsp3) is 0.429. The smallest absolute Gasteiger partial charge is 0.311 e. The number of carbonyl (C=O) groups is 1. The third-order valence-corrected chi connectivity index (χ3v) is 1.89. The molecule has 3 nitrogen and oxygen atoms in total. The van der Waals surface area contributed by atoms with E-state index in [0.29, 0.717) is 11.5 Å². The molecule has 4 heteroatoms. The third kappa shape index (κ3) is 2.31. The van der Waals surface area contributed by atoms with Crippen molar-refractivity contribution in [3.63, 3.8) is 0 Å². The van der Waals surface area contributed by atoms with Crippen molar-refractivity contribution in [2.24, 2.45) is 0 Å². The first-order valence-corrected chi connectivity index (χ1v) is 4.17. The fourth-order valence-electron chi connectivity index (χ4n) is 0.573. The molecule has 0 aliphatic heterocycles. The number of esters is 1. The minimum Gasteiger partial charge on any atom is -0.414 e. The summed E-state index contributed by atoms with van der Waals surface area (Å²) in [4.78, 5) is 14.7. The topological polar surface area (TPSA) is 39.2 Å². The largest absolute Gasteiger partial charge is 0.414 e. The summed E-state index contributed by atoms with van der Waals surface area (Å²) in [7, 11) is 0. The van der Waals surface area contributed by atoms with E-state index in [0.717, 1.165) is 5.01 Å². The van der Waals surface area contributed by atoms with Crippen molar-refractivity contribution >= 4 is 17.3 Å². The van der Waals surface area contributed by atoms with E-state index in [9.17, 15) is 4.79 Å². The van der Waals surface area contributed by atoms with Crippen molar-refractivity contribution in [2.45, 2.75) is 20.3 Å². The molecule has 0 atom stereocenters. The highest BCUT2D eigenvalue weighted by molar-refractivity contribution is 7.13. The fourth-order valence-corrected chi connectivity index (χ4v) is 1.21. The summed E-state index contributed by atoms with van der Waals surface area (Å²) < 4.78 is 4.90. The lowest BCUT2D eigenvalue weighted by Gasteiger charge is -1.94. The van der Waals surface area contributed by atoms with Gasteiger partial charge in [-0.25, -0.2) is 4.98 Å². The van der Waals surface area contributed by atoms with Crippen LogP contribution in [0.15, 0.2) is 6.20 Å². The highest BCUT2D eigenvalue weighted by Crippen LogP contribution is 2.20. The molecule has 0 unspecified atom stereocenters. The first-order valence-electron chi connectivity index (χ1n) is 3.35. The van der Waals surface area contributed by atoms with Gasteiger partial charge in [0.2, 0.25) is 5.06 Å². The van der Waals surface area contributed by atoms with E-state index in [-0.39, 0.29) is 5.97 Å². The zero-order valence-electron chi connectivity index (χ0n) is 6.46. The Morgan fingerprint density at radius 1 is 1.82 bits per heavy atom. The van der Waals surface area contributed by atoms with Crippen molar-refractivity contribution in [2.75, 3.05) is 0 Å². The number of rotatable bonds is 2. The number of hydrogen-bond acceptors (Lipinski definition) is 4. The molecule has 60 valence electrons. The molecule has 0 aliphatic rings. The predicted octanol–water partition coefficient (Wildman–Crippen LogP) is 1.77. The molecular weight excluding hydrogens is 162 g/mol. The maximum absolute atomic E-state index is 10.7. The van der Waals surface area contributed by atoms with Crippen LogP contribution in [0.1, 0.15) is 18.4 Å². The van der Waals surface area contributed by atoms with Crippen LogP contribution in [0.25, 0.3) is 0 Å². The van der Waals surface area contributed by atoms with Gasteiger partial charge >= 0.3 is 5.97 Å². The zero-order chi connectivity index (χ0) is 8.27. The highest BCUT2D eigenvalue weighted by Gasteiger charge is 2.03. The van der Waals surface area contributed by atoms with Gasteiger partial charge in [0, 0.05) is 6.42 Å². The minimum atomic E-state index is -0.214. The van der Waals surface area contributed by atoms with E-state index in [4.69, 9.17) is 4.74 Å². The summed E-state index contributed by atoms with van der Waals surface area (Å²) in [6, 6.07) is 0. The second-order valence-electron chi connectivity index (χ2n) is 2.03. The second-order valence-corrected chi connectivity index (χ2v) is 3.22. The van der Waals surface area contributed by atoms with E-state index in [1.165, 1.54) is 11.3 Å². The SMILES string of the molecule is CCC(=O)Oc1cnc(C)s1. The van der Waals surface area contributed by atoms with Gasteiger partial charge in [-0.15, -0.1) is 0 Å². The Labute approximate surface area is 69.0 Å².